The zero-order valence-electron chi connectivity index (χ0n) is 9.13. The molecule has 1 nitrogen and oxygen atoms in total. The molecular weight excluding hydrogens is 287 g/mol. The van der Waals surface area contributed by atoms with Crippen LogP contribution in [0.1, 0.15) is 24.2 Å². The molecule has 3 heteroatoms. The lowest BCUT2D eigenvalue weighted by molar-refractivity contribution is 0.108. The Morgan fingerprint density at radius 2 is 1.81 bits per heavy atom. The van der Waals surface area contributed by atoms with Gasteiger partial charge in [0.2, 0.25) is 0 Å². The Bertz CT molecular complexity index is 508. The fraction of sp³-hybridized carbons (Fsp3) is 0.154. The first-order valence-electron chi connectivity index (χ1n) is 5.06. The molecule has 0 aliphatic heterocycles. The van der Waals surface area contributed by atoms with Gasteiger partial charge in [-0.2, -0.15) is 0 Å². The summed E-state index contributed by atoms with van der Waals surface area (Å²) in [5.41, 5.74) is 0.539. The van der Waals surface area contributed by atoms with Gasteiger partial charge in [-0.15, -0.1) is 0 Å². The molecule has 0 aromatic heterocycles. The minimum absolute atomic E-state index is 0.428. The van der Waals surface area contributed by atoms with Crippen LogP contribution in [0.2, 0.25) is 0 Å². The van der Waals surface area contributed by atoms with Gasteiger partial charge in [-0.1, -0.05) is 54.0 Å². The van der Waals surface area contributed by atoms with E-state index in [0.717, 1.165) is 15.2 Å². The number of carbonyl (C=O) groups excluding carboxylic acids is 1. The van der Waals surface area contributed by atoms with Crippen molar-refractivity contribution in [1.29, 1.82) is 0 Å². The molecule has 0 saturated carbocycles. The lowest BCUT2D eigenvalue weighted by Gasteiger charge is -2.02. The van der Waals surface area contributed by atoms with E-state index in [1.54, 1.807) is 6.07 Å². The van der Waals surface area contributed by atoms with E-state index in [9.17, 15) is 4.79 Å². The fourth-order valence-corrected chi connectivity index (χ4v) is 2.07. The SMILES string of the molecule is CC.O=C(Cl)c1cc(Br)cc2ccccc12. The Morgan fingerprint density at radius 3 is 2.44 bits per heavy atom. The van der Waals surface area contributed by atoms with E-state index in [1.165, 1.54) is 0 Å². The molecule has 0 aliphatic rings. The second-order valence-corrected chi connectivity index (χ2v) is 4.21. The van der Waals surface area contributed by atoms with Crippen molar-refractivity contribution in [3.05, 3.63) is 46.4 Å². The molecule has 16 heavy (non-hydrogen) atoms. The summed E-state index contributed by atoms with van der Waals surface area (Å²) in [5, 5.41) is 1.46. The number of hydrogen-bond acceptors (Lipinski definition) is 1. The van der Waals surface area contributed by atoms with Gasteiger partial charge in [-0.25, -0.2) is 0 Å². The summed E-state index contributed by atoms with van der Waals surface area (Å²) < 4.78 is 0.861. The van der Waals surface area contributed by atoms with Crippen molar-refractivity contribution in [3.8, 4) is 0 Å². The number of fused-ring (bicyclic) bond motifs is 1. The van der Waals surface area contributed by atoms with E-state index in [2.05, 4.69) is 15.9 Å². The largest absolute Gasteiger partial charge is 0.276 e. The van der Waals surface area contributed by atoms with E-state index >= 15 is 0 Å². The van der Waals surface area contributed by atoms with E-state index in [-0.39, 0.29) is 0 Å². The second-order valence-electron chi connectivity index (χ2n) is 2.95. The Balaban J connectivity index is 0.000000606. The maximum atomic E-state index is 11.2. The van der Waals surface area contributed by atoms with Crippen molar-refractivity contribution in [2.24, 2.45) is 0 Å². The normalized spacial score (nSPS) is 9.50. The van der Waals surface area contributed by atoms with Gasteiger partial charge < -0.3 is 0 Å². The number of carbonyl (C=O) groups is 1. The van der Waals surface area contributed by atoms with Crippen LogP contribution in [0, 0.1) is 0 Å². The predicted octanol–water partition coefficient (Wildman–Crippen LogP) is 5.01. The van der Waals surface area contributed by atoms with E-state index < -0.39 is 5.24 Å². The van der Waals surface area contributed by atoms with Crippen LogP contribution in [0.25, 0.3) is 10.8 Å². The van der Waals surface area contributed by atoms with Crippen LogP contribution in [0.4, 0.5) is 0 Å². The lowest BCUT2D eigenvalue weighted by atomic mass is 10.1. The molecule has 0 N–H and O–H groups in total. The van der Waals surface area contributed by atoms with Gasteiger partial charge in [0.05, 0.1) is 0 Å². The Hall–Kier alpha value is -0.860. The highest BCUT2D eigenvalue weighted by Crippen LogP contribution is 2.25. The van der Waals surface area contributed by atoms with Crippen molar-refractivity contribution in [2.45, 2.75) is 13.8 Å². The van der Waals surface area contributed by atoms with Crippen LogP contribution in [-0.4, -0.2) is 5.24 Å². The smallest absolute Gasteiger partial charge is 0.253 e. The van der Waals surface area contributed by atoms with Crippen molar-refractivity contribution in [2.75, 3.05) is 0 Å². The molecule has 0 saturated heterocycles. The third kappa shape index (κ3) is 2.83. The topological polar surface area (TPSA) is 17.1 Å². The predicted molar refractivity (Wildman–Crippen MR) is 73.2 cm³/mol. The van der Waals surface area contributed by atoms with Crippen molar-refractivity contribution in [1.82, 2.24) is 0 Å². The summed E-state index contributed by atoms with van der Waals surface area (Å²) in [6, 6.07) is 11.3. The first-order chi connectivity index (χ1) is 7.68. The molecule has 2 aromatic rings. The van der Waals surface area contributed by atoms with Gasteiger partial charge in [-0.3, -0.25) is 4.79 Å². The lowest BCUT2D eigenvalue weighted by Crippen LogP contribution is -1.90. The first-order valence-corrected chi connectivity index (χ1v) is 6.24. The van der Waals surface area contributed by atoms with E-state index in [1.807, 2.05) is 44.2 Å². The number of hydrogen-bond donors (Lipinski definition) is 0. The summed E-state index contributed by atoms with van der Waals surface area (Å²) in [7, 11) is 0. The summed E-state index contributed by atoms with van der Waals surface area (Å²) in [4.78, 5) is 11.2. The Morgan fingerprint density at radius 1 is 1.19 bits per heavy atom. The highest BCUT2D eigenvalue weighted by molar-refractivity contribution is 9.10. The van der Waals surface area contributed by atoms with Crippen LogP contribution in [0.3, 0.4) is 0 Å². The Labute approximate surface area is 109 Å². The maximum Gasteiger partial charge on any atom is 0.253 e. The monoisotopic (exact) mass is 298 g/mol. The standard InChI is InChI=1S/C11H6BrClO.C2H6/c12-8-5-7-3-1-2-4-9(7)10(6-8)11(13)14;1-2/h1-6H;1-2H3. The number of halogens is 2. The van der Waals surface area contributed by atoms with Gasteiger partial charge in [-0.05, 0) is 34.5 Å². The molecule has 0 fully saturated rings. The quantitative estimate of drug-likeness (QED) is 0.677. The second kappa shape index (κ2) is 6.02. The molecule has 0 bridgehead atoms. The molecule has 2 aromatic carbocycles. The molecule has 0 aliphatic carbocycles. The van der Waals surface area contributed by atoms with Crippen LogP contribution in [-0.2, 0) is 0 Å². The van der Waals surface area contributed by atoms with Crippen LogP contribution in [0.5, 0.6) is 0 Å². The van der Waals surface area contributed by atoms with Gasteiger partial charge in [0.15, 0.2) is 0 Å². The minimum Gasteiger partial charge on any atom is -0.276 e. The van der Waals surface area contributed by atoms with Crippen molar-refractivity contribution < 1.29 is 4.79 Å². The van der Waals surface area contributed by atoms with Crippen LogP contribution >= 0.6 is 27.5 Å². The zero-order valence-corrected chi connectivity index (χ0v) is 11.5. The number of benzene rings is 2. The van der Waals surface area contributed by atoms with E-state index in [4.69, 9.17) is 11.6 Å². The maximum absolute atomic E-state index is 11.2. The van der Waals surface area contributed by atoms with Gasteiger partial charge in [0.1, 0.15) is 0 Å². The summed E-state index contributed by atoms with van der Waals surface area (Å²) in [5.74, 6) is 0. The van der Waals surface area contributed by atoms with Gasteiger partial charge in [0.25, 0.3) is 5.24 Å². The van der Waals surface area contributed by atoms with Crippen LogP contribution in [0.15, 0.2) is 40.9 Å². The highest BCUT2D eigenvalue weighted by atomic mass is 79.9. The molecule has 0 spiro atoms. The van der Waals surface area contributed by atoms with Crippen molar-refractivity contribution >= 4 is 43.5 Å². The molecular formula is C13H12BrClO. The average molecular weight is 300 g/mol. The summed E-state index contributed by atoms with van der Waals surface area (Å²) in [6.07, 6.45) is 0. The summed E-state index contributed by atoms with van der Waals surface area (Å²) in [6.45, 7) is 4.00. The first kappa shape index (κ1) is 13.2. The third-order valence-corrected chi connectivity index (χ3v) is 2.70. The number of rotatable bonds is 1. The van der Waals surface area contributed by atoms with E-state index in [0.29, 0.717) is 5.56 Å². The molecule has 0 atom stereocenters. The zero-order chi connectivity index (χ0) is 12.1. The summed E-state index contributed by atoms with van der Waals surface area (Å²) >= 11 is 8.84. The third-order valence-electron chi connectivity index (χ3n) is 2.04. The molecule has 0 unspecified atom stereocenters. The molecule has 84 valence electrons. The Kier molecular flexibility index (Phi) is 4.97. The molecule has 0 heterocycles. The van der Waals surface area contributed by atoms with Crippen LogP contribution < -0.4 is 0 Å². The molecule has 0 amide bonds. The average Bonchev–Trinajstić information content (AvgIpc) is 2.30. The highest BCUT2D eigenvalue weighted by Gasteiger charge is 2.07. The van der Waals surface area contributed by atoms with Gasteiger partial charge in [0, 0.05) is 10.0 Å². The molecule has 2 rings (SSSR count). The van der Waals surface area contributed by atoms with Gasteiger partial charge >= 0.3 is 0 Å². The molecule has 0 radical (unpaired) electrons. The minimum atomic E-state index is -0.428. The van der Waals surface area contributed by atoms with Crippen molar-refractivity contribution in [3.63, 3.8) is 0 Å². The fourth-order valence-electron chi connectivity index (χ4n) is 1.44.